The molecular weight excluding hydrogens is 254 g/mol. The molecule has 0 bridgehead atoms. The van der Waals surface area contributed by atoms with Gasteiger partial charge in [-0.1, -0.05) is 20.3 Å². The smallest absolute Gasteiger partial charge is 0.327 e. The molecule has 18 heavy (non-hydrogen) atoms. The highest BCUT2D eigenvalue weighted by Gasteiger charge is 2.24. The minimum atomic E-state index is -0.777. The van der Waals surface area contributed by atoms with Crippen molar-refractivity contribution in [3.8, 4) is 0 Å². The molecule has 6 heteroatoms. The van der Waals surface area contributed by atoms with Gasteiger partial charge in [-0.15, -0.1) is 17.2 Å². The lowest BCUT2D eigenvalue weighted by Gasteiger charge is -2.28. The molecule has 2 atom stereocenters. The number of carbonyl (C=O) groups is 2. The van der Waals surface area contributed by atoms with Gasteiger partial charge in [-0.2, -0.15) is 0 Å². The largest absolute Gasteiger partial charge is 0.481 e. The molecule has 2 unspecified atom stereocenters. The minimum absolute atomic E-state index is 0.140. The average Bonchev–Trinajstić information content (AvgIpc) is 2.33. The fourth-order valence-corrected chi connectivity index (χ4v) is 2.93. The number of hydrogen-bond acceptors (Lipinski definition) is 5. The summed E-state index contributed by atoms with van der Waals surface area (Å²) >= 11 is 1.47. The van der Waals surface area contributed by atoms with Crippen LogP contribution in [-0.4, -0.2) is 34.1 Å². The van der Waals surface area contributed by atoms with Crippen LogP contribution in [0.5, 0.6) is 0 Å². The quantitative estimate of drug-likeness (QED) is 0.720. The van der Waals surface area contributed by atoms with Crippen LogP contribution in [0.1, 0.15) is 39.5 Å². The van der Waals surface area contributed by atoms with Gasteiger partial charge in [-0.25, -0.2) is 0 Å². The topological polar surface area (TPSA) is 75.6 Å². The number of aliphatic carboxylic acids is 1. The highest BCUT2D eigenvalue weighted by atomic mass is 32.2. The molecule has 2 N–H and O–H groups in total. The molecule has 0 aromatic rings. The van der Waals surface area contributed by atoms with E-state index >= 15 is 0 Å². The third-order valence-electron chi connectivity index (χ3n) is 2.87. The fourth-order valence-electron chi connectivity index (χ4n) is 1.85. The summed E-state index contributed by atoms with van der Waals surface area (Å²) in [4.78, 5) is 26.8. The Morgan fingerprint density at radius 1 is 1.44 bits per heavy atom. The Labute approximate surface area is 112 Å². The number of nitrogens with one attached hydrogen (secondary N) is 1. The van der Waals surface area contributed by atoms with E-state index in [4.69, 9.17) is 9.94 Å². The molecule has 1 fully saturated rings. The predicted molar refractivity (Wildman–Crippen MR) is 70.2 cm³/mol. The zero-order valence-corrected chi connectivity index (χ0v) is 11.7. The Balaban J connectivity index is 2.26. The van der Waals surface area contributed by atoms with Crippen molar-refractivity contribution in [3.63, 3.8) is 0 Å². The van der Waals surface area contributed by atoms with Crippen LogP contribution >= 0.6 is 11.8 Å². The third kappa shape index (κ3) is 5.73. The molecule has 5 nitrogen and oxygen atoms in total. The first-order chi connectivity index (χ1) is 8.49. The van der Waals surface area contributed by atoms with Gasteiger partial charge >= 0.3 is 11.9 Å². The standard InChI is InChI=1S/C12H21NO4S/c1-8(2)12(16)17-13-9-4-3-5-10(6-9)18-7-11(14)15/h8-10,13H,3-7H2,1-2H3,(H,14,15). The van der Waals surface area contributed by atoms with E-state index in [1.54, 1.807) is 13.8 Å². The second kappa shape index (κ2) is 7.63. The molecule has 0 aliphatic heterocycles. The summed E-state index contributed by atoms with van der Waals surface area (Å²) in [6.45, 7) is 3.58. The van der Waals surface area contributed by atoms with Crippen LogP contribution in [-0.2, 0) is 14.4 Å². The SMILES string of the molecule is CC(C)C(=O)ONC1CCCC(SCC(=O)O)C1. The second-order valence-electron chi connectivity index (χ2n) is 4.88. The first kappa shape index (κ1) is 15.3. The zero-order valence-electron chi connectivity index (χ0n) is 10.8. The Hall–Kier alpha value is -0.750. The van der Waals surface area contributed by atoms with Crippen LogP contribution in [0.15, 0.2) is 0 Å². The molecular formula is C12H21NO4S. The van der Waals surface area contributed by atoms with Crippen molar-refractivity contribution in [2.75, 3.05) is 5.75 Å². The Bertz CT molecular complexity index is 296. The maximum atomic E-state index is 11.3. The highest BCUT2D eigenvalue weighted by Crippen LogP contribution is 2.28. The Morgan fingerprint density at radius 2 is 2.17 bits per heavy atom. The molecule has 1 saturated carbocycles. The van der Waals surface area contributed by atoms with E-state index in [0.717, 1.165) is 25.7 Å². The Morgan fingerprint density at radius 3 is 2.78 bits per heavy atom. The van der Waals surface area contributed by atoms with Gasteiger partial charge in [0.15, 0.2) is 0 Å². The maximum Gasteiger partial charge on any atom is 0.327 e. The van der Waals surface area contributed by atoms with Gasteiger partial charge < -0.3 is 9.94 Å². The van der Waals surface area contributed by atoms with E-state index in [1.165, 1.54) is 11.8 Å². The fraction of sp³-hybridized carbons (Fsp3) is 0.833. The van der Waals surface area contributed by atoms with E-state index in [0.29, 0.717) is 5.25 Å². The summed E-state index contributed by atoms with van der Waals surface area (Å²) in [5.41, 5.74) is 2.81. The zero-order chi connectivity index (χ0) is 13.5. The normalized spacial score (nSPS) is 23.9. The number of carboxylic acid groups (broad SMARTS) is 1. The summed E-state index contributed by atoms with van der Waals surface area (Å²) in [5.74, 6) is -1.03. The molecule has 0 aromatic heterocycles. The van der Waals surface area contributed by atoms with E-state index in [2.05, 4.69) is 5.48 Å². The van der Waals surface area contributed by atoms with Crippen molar-refractivity contribution in [2.45, 2.75) is 50.8 Å². The number of carbonyl (C=O) groups excluding carboxylic acids is 1. The number of thioether (sulfide) groups is 1. The van der Waals surface area contributed by atoms with Gasteiger partial charge in [0.1, 0.15) is 0 Å². The molecule has 0 spiro atoms. The first-order valence-electron chi connectivity index (χ1n) is 6.28. The number of hydroxylamine groups is 1. The summed E-state index contributed by atoms with van der Waals surface area (Å²) in [6.07, 6.45) is 3.89. The Kier molecular flexibility index (Phi) is 6.49. The van der Waals surface area contributed by atoms with Gasteiger partial charge in [0.05, 0.1) is 11.7 Å². The van der Waals surface area contributed by atoms with Crippen LogP contribution < -0.4 is 5.48 Å². The lowest BCUT2D eigenvalue weighted by Crippen LogP contribution is -2.37. The van der Waals surface area contributed by atoms with E-state index < -0.39 is 5.97 Å². The lowest BCUT2D eigenvalue weighted by molar-refractivity contribution is -0.157. The molecule has 0 saturated heterocycles. The average molecular weight is 275 g/mol. The van der Waals surface area contributed by atoms with Crippen LogP contribution in [0.4, 0.5) is 0 Å². The molecule has 0 amide bonds. The van der Waals surface area contributed by atoms with Gasteiger partial charge in [-0.05, 0) is 19.3 Å². The van der Waals surface area contributed by atoms with E-state index in [-0.39, 0.29) is 23.7 Å². The van der Waals surface area contributed by atoms with Gasteiger partial charge in [0.2, 0.25) is 0 Å². The predicted octanol–water partition coefficient (Wildman–Crippen LogP) is 1.82. The van der Waals surface area contributed by atoms with Gasteiger partial charge in [0, 0.05) is 11.3 Å². The number of rotatable bonds is 6. The monoisotopic (exact) mass is 275 g/mol. The van der Waals surface area contributed by atoms with Crippen molar-refractivity contribution in [1.82, 2.24) is 5.48 Å². The van der Waals surface area contributed by atoms with Gasteiger partial charge in [0.25, 0.3) is 0 Å². The van der Waals surface area contributed by atoms with Crippen LogP contribution in [0.2, 0.25) is 0 Å². The molecule has 104 valence electrons. The molecule has 0 heterocycles. The highest BCUT2D eigenvalue weighted by molar-refractivity contribution is 8.00. The third-order valence-corrected chi connectivity index (χ3v) is 4.18. The maximum absolute atomic E-state index is 11.3. The van der Waals surface area contributed by atoms with E-state index in [9.17, 15) is 9.59 Å². The van der Waals surface area contributed by atoms with E-state index in [1.807, 2.05) is 0 Å². The first-order valence-corrected chi connectivity index (χ1v) is 7.33. The molecule has 0 radical (unpaired) electrons. The lowest BCUT2D eigenvalue weighted by atomic mass is 9.96. The van der Waals surface area contributed by atoms with Crippen molar-refractivity contribution in [3.05, 3.63) is 0 Å². The summed E-state index contributed by atoms with van der Waals surface area (Å²) in [6, 6.07) is 0.146. The summed E-state index contributed by atoms with van der Waals surface area (Å²) < 4.78 is 0. The molecule has 1 aliphatic rings. The van der Waals surface area contributed by atoms with Gasteiger partial charge in [-0.3, -0.25) is 9.59 Å². The van der Waals surface area contributed by atoms with Crippen molar-refractivity contribution >= 4 is 23.7 Å². The molecule has 1 rings (SSSR count). The molecule has 1 aliphatic carbocycles. The van der Waals surface area contributed by atoms with Crippen molar-refractivity contribution in [1.29, 1.82) is 0 Å². The summed E-state index contributed by atoms with van der Waals surface area (Å²) in [5, 5.41) is 8.98. The van der Waals surface area contributed by atoms with Crippen LogP contribution in [0, 0.1) is 5.92 Å². The summed E-state index contributed by atoms with van der Waals surface area (Å²) in [7, 11) is 0. The van der Waals surface area contributed by atoms with Crippen LogP contribution in [0.25, 0.3) is 0 Å². The number of hydrogen-bond donors (Lipinski definition) is 2. The van der Waals surface area contributed by atoms with Crippen LogP contribution in [0.3, 0.4) is 0 Å². The minimum Gasteiger partial charge on any atom is -0.481 e. The van der Waals surface area contributed by atoms with Crippen molar-refractivity contribution in [2.24, 2.45) is 5.92 Å². The molecule has 0 aromatic carbocycles. The number of carboxylic acids is 1. The second-order valence-corrected chi connectivity index (χ2v) is 6.17. The van der Waals surface area contributed by atoms with Crippen molar-refractivity contribution < 1.29 is 19.5 Å².